The quantitative estimate of drug-likeness (QED) is 0.812. The molecule has 0 unspecified atom stereocenters. The Balaban J connectivity index is 1.55. The first-order chi connectivity index (χ1) is 11.8. The molecule has 1 amide bonds. The molecule has 1 saturated heterocycles. The second-order valence-electron chi connectivity index (χ2n) is 6.34. The van der Waals surface area contributed by atoms with Gasteiger partial charge in [-0.3, -0.25) is 4.90 Å². The van der Waals surface area contributed by atoms with E-state index < -0.39 is 0 Å². The molecular formula is C20H19NO3. The molecule has 0 bridgehead atoms. The van der Waals surface area contributed by atoms with Crippen molar-refractivity contribution >= 4 is 12.4 Å². The smallest absolute Gasteiger partial charge is 0.410 e. The molecule has 0 N–H and O–H groups in total. The van der Waals surface area contributed by atoms with Crippen molar-refractivity contribution in [3.63, 3.8) is 0 Å². The lowest BCUT2D eigenvalue weighted by atomic mass is 9.98. The number of rotatable bonds is 3. The zero-order valence-electron chi connectivity index (χ0n) is 13.4. The summed E-state index contributed by atoms with van der Waals surface area (Å²) >= 11 is 0. The summed E-state index contributed by atoms with van der Waals surface area (Å²) in [7, 11) is 0. The second kappa shape index (κ2) is 6.11. The van der Waals surface area contributed by atoms with Gasteiger partial charge in [-0.05, 0) is 35.1 Å². The Hall–Kier alpha value is -2.62. The highest BCUT2D eigenvalue weighted by Gasteiger charge is 2.32. The fourth-order valence-electron chi connectivity index (χ4n) is 3.84. The number of hydrogen-bond acceptors (Lipinski definition) is 3. The van der Waals surface area contributed by atoms with Crippen LogP contribution in [0.15, 0.2) is 48.5 Å². The summed E-state index contributed by atoms with van der Waals surface area (Å²) in [6.07, 6.45) is 2.04. The monoisotopic (exact) mass is 321 g/mol. The van der Waals surface area contributed by atoms with E-state index in [-0.39, 0.29) is 18.1 Å². The van der Waals surface area contributed by atoms with E-state index in [4.69, 9.17) is 4.74 Å². The van der Waals surface area contributed by atoms with Crippen LogP contribution in [0.3, 0.4) is 0 Å². The van der Waals surface area contributed by atoms with E-state index in [1.165, 1.54) is 22.3 Å². The van der Waals surface area contributed by atoms with Crippen molar-refractivity contribution in [1.82, 2.24) is 4.90 Å². The van der Waals surface area contributed by atoms with Crippen molar-refractivity contribution < 1.29 is 14.3 Å². The normalized spacial score (nSPS) is 19.0. The van der Waals surface area contributed by atoms with E-state index in [0.717, 1.165) is 19.1 Å². The molecule has 1 aliphatic heterocycles. The Morgan fingerprint density at radius 2 is 1.71 bits per heavy atom. The lowest BCUT2D eigenvalue weighted by molar-refractivity contribution is -0.111. The topological polar surface area (TPSA) is 46.6 Å². The Labute approximate surface area is 141 Å². The van der Waals surface area contributed by atoms with Gasteiger partial charge >= 0.3 is 6.09 Å². The van der Waals surface area contributed by atoms with Gasteiger partial charge in [-0.1, -0.05) is 48.5 Å². The van der Waals surface area contributed by atoms with Crippen molar-refractivity contribution in [1.29, 1.82) is 0 Å². The van der Waals surface area contributed by atoms with Gasteiger partial charge in [-0.2, -0.15) is 0 Å². The summed E-state index contributed by atoms with van der Waals surface area (Å²) < 4.78 is 5.58. The number of carbonyl (C=O) groups excluding carboxylic acids is 2. The number of benzene rings is 2. The van der Waals surface area contributed by atoms with Crippen molar-refractivity contribution in [2.75, 3.05) is 13.2 Å². The molecule has 4 rings (SSSR count). The second-order valence-corrected chi connectivity index (χ2v) is 6.34. The van der Waals surface area contributed by atoms with Crippen LogP contribution in [0.25, 0.3) is 11.1 Å². The Bertz CT molecular complexity index is 740. The maximum absolute atomic E-state index is 12.3. The highest BCUT2D eigenvalue weighted by atomic mass is 16.6. The minimum absolute atomic E-state index is 0.0543. The SMILES string of the molecule is O=C[C@H]1CCCN1C(=O)OCC1c2ccccc2-c2ccccc21. The number of carbonyl (C=O) groups is 2. The Morgan fingerprint density at radius 1 is 1.08 bits per heavy atom. The molecule has 122 valence electrons. The summed E-state index contributed by atoms with van der Waals surface area (Å²) in [4.78, 5) is 24.9. The molecule has 0 saturated carbocycles. The van der Waals surface area contributed by atoms with Gasteiger partial charge in [0.25, 0.3) is 0 Å². The minimum Gasteiger partial charge on any atom is -0.448 e. The average molecular weight is 321 g/mol. The first-order valence-corrected chi connectivity index (χ1v) is 8.36. The maximum Gasteiger partial charge on any atom is 0.410 e. The lowest BCUT2D eigenvalue weighted by Crippen LogP contribution is -2.37. The number of ether oxygens (including phenoxy) is 1. The molecule has 0 radical (unpaired) electrons. The van der Waals surface area contributed by atoms with Crippen LogP contribution in [0.4, 0.5) is 4.79 Å². The van der Waals surface area contributed by atoms with E-state index in [0.29, 0.717) is 13.2 Å². The van der Waals surface area contributed by atoms with Crippen molar-refractivity contribution in [3.05, 3.63) is 59.7 Å². The van der Waals surface area contributed by atoms with E-state index in [9.17, 15) is 9.59 Å². The summed E-state index contributed by atoms with van der Waals surface area (Å²) in [6, 6.07) is 16.2. The van der Waals surface area contributed by atoms with E-state index >= 15 is 0 Å². The maximum atomic E-state index is 12.3. The predicted molar refractivity (Wildman–Crippen MR) is 90.9 cm³/mol. The van der Waals surface area contributed by atoms with Crippen LogP contribution >= 0.6 is 0 Å². The van der Waals surface area contributed by atoms with Gasteiger partial charge in [0.05, 0.1) is 6.04 Å². The summed E-state index contributed by atoms with van der Waals surface area (Å²) in [6.45, 7) is 0.898. The first kappa shape index (κ1) is 14.9. The average Bonchev–Trinajstić information content (AvgIpc) is 3.22. The predicted octanol–water partition coefficient (Wildman–Crippen LogP) is 3.60. The summed E-state index contributed by atoms with van der Waals surface area (Å²) in [5.74, 6) is 0.0543. The van der Waals surface area contributed by atoms with E-state index in [1.807, 2.05) is 24.3 Å². The third kappa shape index (κ3) is 2.39. The highest BCUT2D eigenvalue weighted by Crippen LogP contribution is 2.44. The van der Waals surface area contributed by atoms with E-state index in [2.05, 4.69) is 24.3 Å². The number of amides is 1. The van der Waals surface area contributed by atoms with Gasteiger partial charge in [0.2, 0.25) is 0 Å². The van der Waals surface area contributed by atoms with Crippen molar-refractivity contribution in [2.24, 2.45) is 0 Å². The third-order valence-corrected chi connectivity index (χ3v) is 5.03. The number of nitrogens with zero attached hydrogens (tertiary/aromatic N) is 1. The van der Waals surface area contributed by atoms with Crippen LogP contribution < -0.4 is 0 Å². The van der Waals surface area contributed by atoms with Crippen LogP contribution in [0, 0.1) is 0 Å². The van der Waals surface area contributed by atoms with Gasteiger partial charge in [-0.15, -0.1) is 0 Å². The molecule has 0 spiro atoms. The molecular weight excluding hydrogens is 302 g/mol. The van der Waals surface area contributed by atoms with Crippen molar-refractivity contribution in [2.45, 2.75) is 24.8 Å². The number of likely N-dealkylation sites (tertiary alicyclic amines) is 1. The molecule has 2 aromatic rings. The molecule has 2 aromatic carbocycles. The first-order valence-electron chi connectivity index (χ1n) is 8.36. The third-order valence-electron chi connectivity index (χ3n) is 5.03. The molecule has 0 aromatic heterocycles. The zero-order chi connectivity index (χ0) is 16.5. The van der Waals surface area contributed by atoms with Crippen LogP contribution in [-0.4, -0.2) is 36.5 Å². The molecule has 4 heteroatoms. The van der Waals surface area contributed by atoms with Crippen LogP contribution in [0.5, 0.6) is 0 Å². The molecule has 1 fully saturated rings. The summed E-state index contributed by atoms with van der Waals surface area (Å²) in [5.41, 5.74) is 4.81. The van der Waals surface area contributed by atoms with Gasteiger partial charge < -0.3 is 9.53 Å². The Morgan fingerprint density at radius 3 is 2.33 bits per heavy atom. The van der Waals surface area contributed by atoms with Gasteiger partial charge in [-0.25, -0.2) is 4.79 Å². The fraction of sp³-hybridized carbons (Fsp3) is 0.300. The molecule has 4 nitrogen and oxygen atoms in total. The zero-order valence-corrected chi connectivity index (χ0v) is 13.4. The van der Waals surface area contributed by atoms with Gasteiger partial charge in [0.15, 0.2) is 0 Å². The molecule has 1 heterocycles. The molecule has 1 aliphatic carbocycles. The molecule has 1 atom stereocenters. The lowest BCUT2D eigenvalue weighted by Gasteiger charge is -2.21. The van der Waals surface area contributed by atoms with Crippen LogP contribution in [0.2, 0.25) is 0 Å². The van der Waals surface area contributed by atoms with Crippen molar-refractivity contribution in [3.8, 4) is 11.1 Å². The number of fused-ring (bicyclic) bond motifs is 3. The summed E-state index contributed by atoms with van der Waals surface area (Å²) in [5, 5.41) is 0. The number of aldehydes is 1. The highest BCUT2D eigenvalue weighted by molar-refractivity contribution is 5.79. The minimum atomic E-state index is -0.383. The van der Waals surface area contributed by atoms with E-state index in [1.54, 1.807) is 4.90 Å². The Kier molecular flexibility index (Phi) is 3.81. The van der Waals surface area contributed by atoms with Gasteiger partial charge in [0.1, 0.15) is 12.9 Å². The standard InChI is InChI=1S/C20H19NO3/c22-12-14-6-5-11-21(14)20(23)24-13-19-17-9-3-1-7-15(17)16-8-2-4-10-18(16)19/h1-4,7-10,12,14,19H,5-6,11,13H2/t14-/m1/s1. The molecule has 24 heavy (non-hydrogen) atoms. The number of hydrogen-bond donors (Lipinski definition) is 0. The molecule has 2 aliphatic rings. The van der Waals surface area contributed by atoms with Gasteiger partial charge in [0, 0.05) is 12.5 Å². The fourth-order valence-corrected chi connectivity index (χ4v) is 3.84. The van der Waals surface area contributed by atoms with Crippen LogP contribution in [0.1, 0.15) is 29.9 Å². The largest absolute Gasteiger partial charge is 0.448 e. The van der Waals surface area contributed by atoms with Crippen LogP contribution in [-0.2, 0) is 9.53 Å².